The summed E-state index contributed by atoms with van der Waals surface area (Å²) in [5.74, 6) is -1.89. The summed E-state index contributed by atoms with van der Waals surface area (Å²) in [6.45, 7) is 0. The van der Waals surface area contributed by atoms with Gasteiger partial charge >= 0.3 is 0 Å². The van der Waals surface area contributed by atoms with Crippen LogP contribution in [0.5, 0.6) is 5.75 Å². The number of nitriles is 1. The highest BCUT2D eigenvalue weighted by molar-refractivity contribution is 6.17. The first-order valence-electron chi connectivity index (χ1n) is 5.81. The molecule has 1 aromatic carbocycles. The summed E-state index contributed by atoms with van der Waals surface area (Å²) in [7, 11) is 1.51. The van der Waals surface area contributed by atoms with Crippen molar-refractivity contribution in [3.05, 3.63) is 54.0 Å². The van der Waals surface area contributed by atoms with Gasteiger partial charge in [-0.2, -0.15) is 5.26 Å². The number of ether oxygens (including phenoxy) is 1. The number of benzene rings is 1. The van der Waals surface area contributed by atoms with Crippen molar-refractivity contribution in [1.82, 2.24) is 0 Å². The van der Waals surface area contributed by atoms with Crippen LogP contribution in [0.2, 0.25) is 0 Å². The van der Waals surface area contributed by atoms with Gasteiger partial charge in [-0.05, 0) is 30.3 Å². The molecule has 0 amide bonds. The van der Waals surface area contributed by atoms with Gasteiger partial charge in [-0.1, -0.05) is 0 Å². The monoisotopic (exact) mass is 269 g/mol. The lowest BCUT2D eigenvalue weighted by Gasteiger charge is -2.06. The van der Waals surface area contributed by atoms with Crippen molar-refractivity contribution < 1.29 is 18.7 Å². The smallest absolute Gasteiger partial charge is 0.191 e. The first-order chi connectivity index (χ1) is 9.67. The minimum absolute atomic E-state index is 0.207. The van der Waals surface area contributed by atoms with Crippen molar-refractivity contribution in [3.63, 3.8) is 0 Å². The fraction of sp³-hybridized carbons (Fsp3) is 0.133. The standard InChI is InChI=1S/C15H11NO4/c1-19-12-4-2-10(3-5-12)14(17)13(8-16)15(18)11-6-7-20-9-11/h2-7,9,13H,1H3/t13-/m0/s1. The van der Waals surface area contributed by atoms with E-state index >= 15 is 0 Å². The molecule has 0 aliphatic heterocycles. The van der Waals surface area contributed by atoms with Crippen LogP contribution in [0.4, 0.5) is 0 Å². The van der Waals surface area contributed by atoms with Crippen LogP contribution in [0, 0.1) is 17.2 Å². The van der Waals surface area contributed by atoms with Crippen LogP contribution in [-0.2, 0) is 0 Å². The van der Waals surface area contributed by atoms with Crippen molar-refractivity contribution in [2.45, 2.75) is 0 Å². The molecule has 1 heterocycles. The van der Waals surface area contributed by atoms with E-state index in [1.54, 1.807) is 18.2 Å². The third-order valence-corrected chi connectivity index (χ3v) is 2.83. The molecular weight excluding hydrogens is 258 g/mol. The van der Waals surface area contributed by atoms with E-state index in [9.17, 15) is 9.59 Å². The average Bonchev–Trinajstić information content (AvgIpc) is 3.02. The number of carbonyl (C=O) groups is 2. The molecule has 2 aromatic rings. The summed E-state index contributed by atoms with van der Waals surface area (Å²) >= 11 is 0. The fourth-order valence-corrected chi connectivity index (χ4v) is 1.73. The second-order valence-corrected chi connectivity index (χ2v) is 4.03. The topological polar surface area (TPSA) is 80.3 Å². The Hall–Kier alpha value is -2.87. The largest absolute Gasteiger partial charge is 0.497 e. The third kappa shape index (κ3) is 2.59. The SMILES string of the molecule is COc1ccc(C(=O)[C@H](C#N)C(=O)c2ccoc2)cc1. The minimum Gasteiger partial charge on any atom is -0.497 e. The number of nitrogens with zero attached hydrogens (tertiary/aromatic N) is 1. The molecule has 0 radical (unpaired) electrons. The number of carbonyl (C=O) groups excluding carboxylic acids is 2. The lowest BCUT2D eigenvalue weighted by Crippen LogP contribution is -2.22. The molecular formula is C15H11NO4. The highest BCUT2D eigenvalue weighted by atomic mass is 16.5. The lowest BCUT2D eigenvalue weighted by molar-refractivity contribution is 0.0845. The van der Waals surface area contributed by atoms with E-state index in [-0.39, 0.29) is 11.1 Å². The van der Waals surface area contributed by atoms with Crippen LogP contribution >= 0.6 is 0 Å². The number of ketones is 2. The molecule has 0 unspecified atom stereocenters. The number of methoxy groups -OCH3 is 1. The minimum atomic E-state index is -1.37. The first kappa shape index (κ1) is 13.6. The second kappa shape index (κ2) is 5.85. The zero-order valence-corrected chi connectivity index (χ0v) is 10.7. The molecule has 0 bridgehead atoms. The van der Waals surface area contributed by atoms with Crippen molar-refractivity contribution in [2.24, 2.45) is 5.92 Å². The maximum absolute atomic E-state index is 12.2. The molecule has 0 spiro atoms. The zero-order valence-electron chi connectivity index (χ0n) is 10.7. The molecule has 20 heavy (non-hydrogen) atoms. The fourth-order valence-electron chi connectivity index (χ4n) is 1.73. The van der Waals surface area contributed by atoms with E-state index in [2.05, 4.69) is 0 Å². The highest BCUT2D eigenvalue weighted by Gasteiger charge is 2.29. The Morgan fingerprint density at radius 2 is 1.80 bits per heavy atom. The van der Waals surface area contributed by atoms with Gasteiger partial charge in [0, 0.05) is 5.56 Å². The Labute approximate surface area is 115 Å². The second-order valence-electron chi connectivity index (χ2n) is 4.03. The summed E-state index contributed by atoms with van der Waals surface area (Å²) < 4.78 is 9.77. The number of rotatable bonds is 5. The molecule has 5 heteroatoms. The Balaban J connectivity index is 2.25. The van der Waals surface area contributed by atoms with Crippen molar-refractivity contribution in [1.29, 1.82) is 5.26 Å². The van der Waals surface area contributed by atoms with Crippen molar-refractivity contribution in [2.75, 3.05) is 7.11 Å². The lowest BCUT2D eigenvalue weighted by atomic mass is 9.92. The van der Waals surface area contributed by atoms with Crippen LogP contribution < -0.4 is 4.74 Å². The van der Waals surface area contributed by atoms with Crippen LogP contribution in [-0.4, -0.2) is 18.7 Å². The van der Waals surface area contributed by atoms with Gasteiger partial charge in [-0.3, -0.25) is 9.59 Å². The molecule has 2 rings (SSSR count). The summed E-state index contributed by atoms with van der Waals surface area (Å²) in [5, 5.41) is 9.08. The number of hydrogen-bond donors (Lipinski definition) is 0. The van der Waals surface area contributed by atoms with Crippen LogP contribution in [0.1, 0.15) is 20.7 Å². The van der Waals surface area contributed by atoms with Gasteiger partial charge in [0.2, 0.25) is 0 Å². The normalized spacial score (nSPS) is 11.4. The summed E-state index contributed by atoms with van der Waals surface area (Å²) in [4.78, 5) is 24.2. The van der Waals surface area contributed by atoms with E-state index in [0.717, 1.165) is 0 Å². The quantitative estimate of drug-likeness (QED) is 0.615. The predicted octanol–water partition coefficient (Wildman–Crippen LogP) is 2.49. The van der Waals surface area contributed by atoms with Crippen LogP contribution in [0.25, 0.3) is 0 Å². The van der Waals surface area contributed by atoms with Crippen LogP contribution in [0.15, 0.2) is 47.3 Å². The number of furan rings is 1. The molecule has 0 aliphatic rings. The van der Waals surface area contributed by atoms with E-state index in [1.807, 2.05) is 0 Å². The molecule has 0 N–H and O–H groups in total. The van der Waals surface area contributed by atoms with Crippen molar-refractivity contribution in [3.8, 4) is 11.8 Å². The molecule has 0 fully saturated rings. The molecule has 1 aromatic heterocycles. The summed E-state index contributed by atoms with van der Waals surface area (Å²) in [6, 6.07) is 9.42. The molecule has 0 aliphatic carbocycles. The Bertz CT molecular complexity index is 650. The molecule has 0 saturated heterocycles. The van der Waals surface area contributed by atoms with Gasteiger partial charge in [0.05, 0.1) is 25.0 Å². The van der Waals surface area contributed by atoms with Gasteiger partial charge in [-0.15, -0.1) is 0 Å². The molecule has 0 saturated carbocycles. The van der Waals surface area contributed by atoms with Crippen molar-refractivity contribution >= 4 is 11.6 Å². The first-order valence-corrected chi connectivity index (χ1v) is 5.81. The molecule has 100 valence electrons. The van der Waals surface area contributed by atoms with E-state index in [1.165, 1.54) is 37.8 Å². The maximum Gasteiger partial charge on any atom is 0.191 e. The van der Waals surface area contributed by atoms with E-state index < -0.39 is 17.5 Å². The van der Waals surface area contributed by atoms with Gasteiger partial charge in [0.1, 0.15) is 12.0 Å². The average molecular weight is 269 g/mol. The summed E-state index contributed by atoms with van der Waals surface area (Å²) in [5.41, 5.74) is 0.493. The number of hydrogen-bond acceptors (Lipinski definition) is 5. The van der Waals surface area contributed by atoms with Gasteiger partial charge in [-0.25, -0.2) is 0 Å². The summed E-state index contributed by atoms with van der Waals surface area (Å²) in [6.07, 6.45) is 2.54. The predicted molar refractivity (Wildman–Crippen MR) is 69.5 cm³/mol. The number of Topliss-reactive ketones (excluding diaryl/α,β-unsaturated/α-hetero) is 2. The van der Waals surface area contributed by atoms with Crippen LogP contribution in [0.3, 0.4) is 0 Å². The van der Waals surface area contributed by atoms with Gasteiger partial charge in [0.15, 0.2) is 17.5 Å². The molecule has 1 atom stereocenters. The van der Waals surface area contributed by atoms with E-state index in [0.29, 0.717) is 5.75 Å². The Kier molecular flexibility index (Phi) is 3.96. The van der Waals surface area contributed by atoms with Gasteiger partial charge in [0.25, 0.3) is 0 Å². The highest BCUT2D eigenvalue weighted by Crippen LogP contribution is 2.18. The maximum atomic E-state index is 12.2. The zero-order chi connectivity index (χ0) is 14.5. The van der Waals surface area contributed by atoms with Gasteiger partial charge < -0.3 is 9.15 Å². The third-order valence-electron chi connectivity index (χ3n) is 2.83. The molecule has 5 nitrogen and oxygen atoms in total. The van der Waals surface area contributed by atoms with E-state index in [4.69, 9.17) is 14.4 Å². The Morgan fingerprint density at radius 1 is 1.15 bits per heavy atom. The Morgan fingerprint density at radius 3 is 2.30 bits per heavy atom.